The zero-order valence-corrected chi connectivity index (χ0v) is 10.5. The molecule has 1 unspecified atom stereocenters. The summed E-state index contributed by atoms with van der Waals surface area (Å²) in [5.74, 6) is 0.637. The van der Waals surface area contributed by atoms with E-state index in [4.69, 9.17) is 15.2 Å². The quantitative estimate of drug-likeness (QED) is 0.825. The number of nitrogens with two attached hydrogens (primary N) is 1. The highest BCUT2D eigenvalue weighted by atomic mass is 16.5. The smallest absolute Gasteiger partial charge is 0.358 e. The number of nitrogens with zero attached hydrogens (tertiary/aromatic N) is 2. The molecule has 0 fully saturated rings. The van der Waals surface area contributed by atoms with Crippen molar-refractivity contribution in [1.29, 1.82) is 0 Å². The first-order chi connectivity index (χ1) is 8.60. The molecule has 0 aromatic carbocycles. The average molecular weight is 249 g/mol. The van der Waals surface area contributed by atoms with Crippen LogP contribution in [-0.2, 0) is 4.74 Å². The highest BCUT2D eigenvalue weighted by Gasteiger charge is 2.21. The van der Waals surface area contributed by atoms with Crippen molar-refractivity contribution in [3.05, 3.63) is 29.7 Å². The van der Waals surface area contributed by atoms with Crippen LogP contribution in [0.25, 0.3) is 5.52 Å². The number of pyridine rings is 1. The van der Waals surface area contributed by atoms with Crippen molar-refractivity contribution in [2.24, 2.45) is 5.73 Å². The molecule has 18 heavy (non-hydrogen) atoms. The predicted molar refractivity (Wildman–Crippen MR) is 65.7 cm³/mol. The van der Waals surface area contributed by atoms with Gasteiger partial charge in [0.25, 0.3) is 0 Å². The number of aromatic nitrogens is 2. The van der Waals surface area contributed by atoms with Gasteiger partial charge in [0.2, 0.25) is 0 Å². The van der Waals surface area contributed by atoms with Crippen LogP contribution in [0.2, 0.25) is 0 Å². The van der Waals surface area contributed by atoms with Crippen LogP contribution >= 0.6 is 0 Å². The predicted octanol–water partition coefficient (Wildman–Crippen LogP) is 1.15. The Morgan fingerprint density at radius 3 is 2.72 bits per heavy atom. The van der Waals surface area contributed by atoms with Gasteiger partial charge in [-0.1, -0.05) is 6.07 Å². The van der Waals surface area contributed by atoms with Crippen LogP contribution in [0.4, 0.5) is 0 Å². The number of hydrogen-bond donors (Lipinski definition) is 1. The largest absolute Gasteiger partial charge is 0.482 e. The highest BCUT2D eigenvalue weighted by Crippen LogP contribution is 2.23. The normalized spacial score (nSPS) is 12.4. The lowest BCUT2D eigenvalue weighted by Gasteiger charge is -2.08. The molecule has 0 saturated carbocycles. The van der Waals surface area contributed by atoms with E-state index in [1.165, 1.54) is 7.11 Å². The van der Waals surface area contributed by atoms with E-state index in [-0.39, 0.29) is 11.7 Å². The van der Waals surface area contributed by atoms with Crippen molar-refractivity contribution in [3.63, 3.8) is 0 Å². The van der Waals surface area contributed by atoms with Crippen molar-refractivity contribution in [2.75, 3.05) is 14.2 Å². The number of hydrogen-bond acceptors (Lipinski definition) is 5. The van der Waals surface area contributed by atoms with Crippen LogP contribution in [0.15, 0.2) is 18.2 Å². The molecule has 2 aromatic rings. The molecule has 0 saturated heterocycles. The maximum Gasteiger partial charge on any atom is 0.358 e. The van der Waals surface area contributed by atoms with Crippen molar-refractivity contribution in [1.82, 2.24) is 9.38 Å². The molecule has 2 N–H and O–H groups in total. The van der Waals surface area contributed by atoms with Crippen molar-refractivity contribution in [2.45, 2.75) is 13.0 Å². The number of carbonyl (C=O) groups excluding carboxylic acids is 1. The molecular weight excluding hydrogens is 234 g/mol. The number of esters is 1. The summed E-state index contributed by atoms with van der Waals surface area (Å²) in [6, 6.07) is 5.01. The second kappa shape index (κ2) is 4.66. The Morgan fingerprint density at radius 1 is 1.44 bits per heavy atom. The molecule has 0 amide bonds. The molecule has 0 aliphatic heterocycles. The Hall–Kier alpha value is -2.08. The molecule has 1 atom stereocenters. The van der Waals surface area contributed by atoms with Gasteiger partial charge in [-0.15, -0.1) is 0 Å². The number of carbonyl (C=O) groups is 1. The Balaban J connectivity index is 2.80. The van der Waals surface area contributed by atoms with E-state index in [1.54, 1.807) is 36.6 Å². The average Bonchev–Trinajstić information content (AvgIpc) is 2.77. The molecule has 2 aromatic heterocycles. The molecule has 6 nitrogen and oxygen atoms in total. The standard InChI is InChI=1S/C12H15N3O3/c1-7(13)11-14-10(12(16)18-3)8-5-4-6-9(17-2)15(8)11/h4-7H,13H2,1-3H3. The van der Waals surface area contributed by atoms with Gasteiger partial charge < -0.3 is 15.2 Å². The molecule has 0 spiro atoms. The van der Waals surface area contributed by atoms with Crippen molar-refractivity contribution >= 4 is 11.5 Å². The molecule has 0 aliphatic rings. The summed E-state index contributed by atoms with van der Waals surface area (Å²) >= 11 is 0. The monoisotopic (exact) mass is 249 g/mol. The lowest BCUT2D eigenvalue weighted by molar-refractivity contribution is 0.0597. The second-order valence-electron chi connectivity index (χ2n) is 3.89. The summed E-state index contributed by atoms with van der Waals surface area (Å²) in [4.78, 5) is 15.9. The number of ether oxygens (including phenoxy) is 2. The minimum atomic E-state index is -0.493. The SMILES string of the molecule is COC(=O)c1nc(C(C)N)n2c(OC)cccc12. The lowest BCUT2D eigenvalue weighted by Crippen LogP contribution is -2.11. The van der Waals surface area contributed by atoms with E-state index >= 15 is 0 Å². The first-order valence-corrected chi connectivity index (χ1v) is 5.49. The zero-order valence-electron chi connectivity index (χ0n) is 10.5. The van der Waals surface area contributed by atoms with Gasteiger partial charge in [-0.2, -0.15) is 0 Å². The first-order valence-electron chi connectivity index (χ1n) is 5.49. The summed E-state index contributed by atoms with van der Waals surface area (Å²) in [5.41, 5.74) is 6.73. The third-order valence-corrected chi connectivity index (χ3v) is 2.65. The Kier molecular flexibility index (Phi) is 3.20. The maximum atomic E-state index is 11.7. The molecule has 6 heteroatoms. The van der Waals surface area contributed by atoms with Crippen LogP contribution in [-0.4, -0.2) is 29.6 Å². The second-order valence-corrected chi connectivity index (χ2v) is 3.89. The molecular formula is C12H15N3O3. The van der Waals surface area contributed by atoms with Gasteiger partial charge in [0.05, 0.1) is 25.8 Å². The van der Waals surface area contributed by atoms with Crippen LogP contribution in [0.3, 0.4) is 0 Å². The third-order valence-electron chi connectivity index (χ3n) is 2.65. The zero-order chi connectivity index (χ0) is 13.3. The van der Waals surface area contributed by atoms with E-state index in [0.29, 0.717) is 17.2 Å². The van der Waals surface area contributed by atoms with Gasteiger partial charge in [-0.05, 0) is 19.1 Å². The minimum absolute atomic E-state index is 0.240. The van der Waals surface area contributed by atoms with E-state index in [2.05, 4.69) is 4.98 Å². The van der Waals surface area contributed by atoms with Gasteiger partial charge in [-0.25, -0.2) is 9.78 Å². The minimum Gasteiger partial charge on any atom is -0.482 e. The fourth-order valence-electron chi connectivity index (χ4n) is 1.84. The molecule has 0 radical (unpaired) electrons. The van der Waals surface area contributed by atoms with Gasteiger partial charge in [0, 0.05) is 0 Å². The van der Waals surface area contributed by atoms with Crippen molar-refractivity contribution < 1.29 is 14.3 Å². The maximum absolute atomic E-state index is 11.7. The molecule has 0 aliphatic carbocycles. The summed E-state index contributed by atoms with van der Waals surface area (Å²) in [6.07, 6.45) is 0. The molecule has 0 bridgehead atoms. The summed E-state index contributed by atoms with van der Waals surface area (Å²) in [5, 5.41) is 0. The number of fused-ring (bicyclic) bond motifs is 1. The van der Waals surface area contributed by atoms with Crippen LogP contribution in [0.1, 0.15) is 29.3 Å². The summed E-state index contributed by atoms with van der Waals surface area (Å²) in [6.45, 7) is 1.79. The van der Waals surface area contributed by atoms with E-state index in [0.717, 1.165) is 0 Å². The van der Waals surface area contributed by atoms with Crippen LogP contribution in [0, 0.1) is 0 Å². The third kappa shape index (κ3) is 1.80. The Morgan fingerprint density at radius 2 is 2.17 bits per heavy atom. The van der Waals surface area contributed by atoms with E-state index in [9.17, 15) is 4.79 Å². The van der Waals surface area contributed by atoms with Crippen molar-refractivity contribution in [3.8, 4) is 5.88 Å². The molecule has 96 valence electrons. The van der Waals surface area contributed by atoms with Crippen LogP contribution in [0.5, 0.6) is 5.88 Å². The Labute approximate surface area is 104 Å². The van der Waals surface area contributed by atoms with Gasteiger partial charge in [-0.3, -0.25) is 4.40 Å². The van der Waals surface area contributed by atoms with E-state index < -0.39 is 5.97 Å². The number of rotatable bonds is 3. The van der Waals surface area contributed by atoms with Gasteiger partial charge >= 0.3 is 5.97 Å². The first kappa shape index (κ1) is 12.4. The summed E-state index contributed by atoms with van der Waals surface area (Å²) < 4.78 is 11.7. The number of methoxy groups -OCH3 is 2. The fourth-order valence-corrected chi connectivity index (χ4v) is 1.84. The Bertz CT molecular complexity index is 590. The molecule has 2 rings (SSSR count). The fraction of sp³-hybridized carbons (Fsp3) is 0.333. The van der Waals surface area contributed by atoms with Gasteiger partial charge in [0.15, 0.2) is 11.6 Å². The number of imidazole rings is 1. The highest BCUT2D eigenvalue weighted by molar-refractivity contribution is 5.95. The summed E-state index contributed by atoms with van der Waals surface area (Å²) in [7, 11) is 2.87. The van der Waals surface area contributed by atoms with E-state index in [1.807, 2.05) is 0 Å². The van der Waals surface area contributed by atoms with Crippen LogP contribution < -0.4 is 10.5 Å². The topological polar surface area (TPSA) is 78.8 Å². The lowest BCUT2D eigenvalue weighted by atomic mass is 10.3. The van der Waals surface area contributed by atoms with Gasteiger partial charge in [0.1, 0.15) is 5.82 Å². The molecule has 2 heterocycles.